The number of hydrogen-bond acceptors (Lipinski definition) is 6. The van der Waals surface area contributed by atoms with E-state index in [0.717, 1.165) is 49.9 Å². The average Bonchev–Trinajstić information content (AvgIpc) is 3.42. The van der Waals surface area contributed by atoms with Crippen molar-refractivity contribution in [3.63, 3.8) is 0 Å². The van der Waals surface area contributed by atoms with Gasteiger partial charge in [-0.25, -0.2) is 4.68 Å². The molecule has 148 valence electrons. The van der Waals surface area contributed by atoms with Crippen LogP contribution in [0.5, 0.6) is 5.75 Å². The summed E-state index contributed by atoms with van der Waals surface area (Å²) in [6.07, 6.45) is 2.68. The molecule has 0 aliphatic carbocycles. The number of methoxy groups -OCH3 is 1. The Hall–Kier alpha value is -2.87. The van der Waals surface area contributed by atoms with E-state index in [9.17, 15) is 0 Å². The van der Waals surface area contributed by atoms with Crippen molar-refractivity contribution in [1.82, 2.24) is 20.2 Å². The molecule has 1 atom stereocenters. The van der Waals surface area contributed by atoms with Gasteiger partial charge in [-0.3, -0.25) is 0 Å². The second kappa shape index (κ2) is 8.43. The van der Waals surface area contributed by atoms with E-state index in [0.29, 0.717) is 6.54 Å². The summed E-state index contributed by atoms with van der Waals surface area (Å²) in [5.74, 6) is 2.69. The Balaban J connectivity index is 1.42. The van der Waals surface area contributed by atoms with E-state index in [1.54, 1.807) is 13.4 Å². The molecule has 1 fully saturated rings. The van der Waals surface area contributed by atoms with Gasteiger partial charge < -0.3 is 19.0 Å². The largest absolute Gasteiger partial charge is 0.497 e. The van der Waals surface area contributed by atoms with Crippen LogP contribution in [0.4, 0.5) is 5.69 Å². The van der Waals surface area contributed by atoms with Gasteiger partial charge in [-0.2, -0.15) is 0 Å². The van der Waals surface area contributed by atoms with Crippen LogP contribution in [-0.4, -0.2) is 53.5 Å². The number of anilines is 1. The fraction of sp³-hybridized carbons (Fsp3) is 0.450. The van der Waals surface area contributed by atoms with Crippen LogP contribution in [0, 0.1) is 0 Å². The number of aromatic nitrogens is 4. The molecule has 1 aliphatic heterocycles. The van der Waals surface area contributed by atoms with Gasteiger partial charge in [0.05, 0.1) is 39.6 Å². The number of tetrazole rings is 1. The predicted molar refractivity (Wildman–Crippen MR) is 105 cm³/mol. The van der Waals surface area contributed by atoms with E-state index in [2.05, 4.69) is 39.5 Å². The Morgan fingerprint density at radius 1 is 1.18 bits per heavy atom. The highest BCUT2D eigenvalue weighted by Crippen LogP contribution is 2.20. The maximum absolute atomic E-state index is 5.46. The molecule has 2 aromatic heterocycles. The molecule has 0 saturated carbocycles. The van der Waals surface area contributed by atoms with Gasteiger partial charge in [0.25, 0.3) is 0 Å². The lowest BCUT2D eigenvalue weighted by atomic mass is 10.1. The maximum atomic E-state index is 5.46. The lowest BCUT2D eigenvalue weighted by Gasteiger charge is -2.36. The first kappa shape index (κ1) is 18.5. The number of nitrogens with zero attached hydrogens (tertiary/aromatic N) is 5. The topological polar surface area (TPSA) is 73.7 Å². The number of rotatable bonds is 7. The van der Waals surface area contributed by atoms with Crippen molar-refractivity contribution < 1.29 is 14.1 Å². The molecule has 3 aromatic rings. The summed E-state index contributed by atoms with van der Waals surface area (Å²) < 4.78 is 12.6. The average molecular weight is 383 g/mol. The third-order valence-corrected chi connectivity index (χ3v) is 5.50. The Morgan fingerprint density at radius 2 is 1.96 bits per heavy atom. The highest BCUT2D eigenvalue weighted by atomic mass is 16.5. The number of quaternary nitrogens is 1. The van der Waals surface area contributed by atoms with Crippen LogP contribution in [0.3, 0.4) is 0 Å². The number of hydrogen-bond donors (Lipinski definition) is 1. The lowest BCUT2D eigenvalue weighted by molar-refractivity contribution is -0.933. The lowest BCUT2D eigenvalue weighted by Crippen LogP contribution is -3.15. The zero-order valence-corrected chi connectivity index (χ0v) is 16.4. The maximum Gasteiger partial charge on any atom is 0.209 e. The van der Waals surface area contributed by atoms with Crippen LogP contribution in [0.2, 0.25) is 0 Å². The summed E-state index contributed by atoms with van der Waals surface area (Å²) in [6.45, 7) is 6.91. The first-order valence-electron chi connectivity index (χ1n) is 9.80. The summed E-state index contributed by atoms with van der Waals surface area (Å²) in [4.78, 5) is 3.96. The predicted octanol–water partition coefficient (Wildman–Crippen LogP) is 1.18. The molecule has 8 nitrogen and oxygen atoms in total. The Labute approximate surface area is 164 Å². The molecule has 1 N–H and O–H groups in total. The fourth-order valence-electron chi connectivity index (χ4n) is 3.97. The molecule has 0 spiro atoms. The molecule has 0 radical (unpaired) electrons. The minimum Gasteiger partial charge on any atom is -0.497 e. The molecule has 28 heavy (non-hydrogen) atoms. The highest BCUT2D eigenvalue weighted by molar-refractivity contribution is 5.49. The third kappa shape index (κ3) is 3.87. The van der Waals surface area contributed by atoms with Crippen molar-refractivity contribution in [2.45, 2.75) is 25.9 Å². The second-order valence-corrected chi connectivity index (χ2v) is 7.08. The van der Waals surface area contributed by atoms with Crippen molar-refractivity contribution in [2.24, 2.45) is 0 Å². The van der Waals surface area contributed by atoms with Crippen LogP contribution >= 0.6 is 0 Å². The summed E-state index contributed by atoms with van der Waals surface area (Å²) >= 11 is 0. The van der Waals surface area contributed by atoms with Crippen LogP contribution in [0.15, 0.2) is 47.1 Å². The molecule has 0 unspecified atom stereocenters. The first-order valence-corrected chi connectivity index (χ1v) is 9.80. The minimum atomic E-state index is 0.281. The second-order valence-electron chi connectivity index (χ2n) is 7.08. The van der Waals surface area contributed by atoms with Gasteiger partial charge in [0, 0.05) is 12.1 Å². The van der Waals surface area contributed by atoms with Crippen LogP contribution in [-0.2, 0) is 6.54 Å². The number of piperazine rings is 1. The zero-order valence-electron chi connectivity index (χ0n) is 16.4. The van der Waals surface area contributed by atoms with Crippen molar-refractivity contribution in [3.05, 3.63) is 54.2 Å². The first-order chi connectivity index (χ1) is 13.8. The molecule has 0 bridgehead atoms. The molecule has 3 heterocycles. The van der Waals surface area contributed by atoms with Crippen molar-refractivity contribution >= 4 is 5.69 Å². The van der Waals surface area contributed by atoms with Crippen LogP contribution in [0.25, 0.3) is 0 Å². The van der Waals surface area contributed by atoms with E-state index in [4.69, 9.17) is 9.15 Å². The third-order valence-electron chi connectivity index (χ3n) is 5.50. The minimum absolute atomic E-state index is 0.281. The summed E-state index contributed by atoms with van der Waals surface area (Å²) in [5, 5.41) is 12.5. The van der Waals surface area contributed by atoms with E-state index in [-0.39, 0.29) is 6.04 Å². The van der Waals surface area contributed by atoms with Gasteiger partial charge in [-0.15, -0.1) is 5.10 Å². The molecule has 1 saturated heterocycles. The monoisotopic (exact) mass is 383 g/mol. The number of ether oxygens (including phenoxy) is 1. The molecule has 1 aliphatic rings. The summed E-state index contributed by atoms with van der Waals surface area (Å²) in [5.41, 5.74) is 1.25. The Morgan fingerprint density at radius 3 is 2.61 bits per heavy atom. The fourth-order valence-corrected chi connectivity index (χ4v) is 3.97. The number of furan rings is 1. The SMILES string of the molecule is CC[C@H](c1nnnn1Cc1ccco1)[NH+]1CCN(c2ccc(OC)cc2)CC1. The van der Waals surface area contributed by atoms with Crippen LogP contribution < -0.4 is 14.5 Å². The van der Waals surface area contributed by atoms with Crippen molar-refractivity contribution in [3.8, 4) is 5.75 Å². The molecule has 8 heteroatoms. The molecular formula is C20H27N6O2+. The number of nitrogens with one attached hydrogen (secondary N) is 1. The Kier molecular flexibility index (Phi) is 5.57. The molecular weight excluding hydrogens is 356 g/mol. The zero-order chi connectivity index (χ0) is 19.3. The molecule has 0 amide bonds. The molecule has 4 rings (SSSR count). The van der Waals surface area contributed by atoms with Gasteiger partial charge in [0.1, 0.15) is 24.1 Å². The van der Waals surface area contributed by atoms with Gasteiger partial charge >= 0.3 is 0 Å². The van der Waals surface area contributed by atoms with Gasteiger partial charge in [-0.1, -0.05) is 6.92 Å². The van der Waals surface area contributed by atoms with Crippen molar-refractivity contribution in [1.29, 1.82) is 0 Å². The van der Waals surface area contributed by atoms with E-state index in [1.807, 2.05) is 28.9 Å². The molecule has 1 aromatic carbocycles. The Bertz CT molecular complexity index is 853. The summed E-state index contributed by atoms with van der Waals surface area (Å²) in [6, 6.07) is 12.4. The smallest absolute Gasteiger partial charge is 0.209 e. The normalized spacial score (nSPS) is 16.3. The number of benzene rings is 1. The quantitative estimate of drug-likeness (QED) is 0.661. The van der Waals surface area contributed by atoms with Crippen LogP contribution in [0.1, 0.15) is 31.0 Å². The summed E-state index contributed by atoms with van der Waals surface area (Å²) in [7, 11) is 1.70. The van der Waals surface area contributed by atoms with E-state index in [1.165, 1.54) is 10.6 Å². The van der Waals surface area contributed by atoms with Gasteiger partial charge in [0.15, 0.2) is 0 Å². The van der Waals surface area contributed by atoms with E-state index < -0.39 is 0 Å². The van der Waals surface area contributed by atoms with Gasteiger partial charge in [-0.05, 0) is 46.8 Å². The highest BCUT2D eigenvalue weighted by Gasteiger charge is 2.31. The van der Waals surface area contributed by atoms with Gasteiger partial charge in [0.2, 0.25) is 5.82 Å². The van der Waals surface area contributed by atoms with Crippen molar-refractivity contribution in [2.75, 3.05) is 38.2 Å². The van der Waals surface area contributed by atoms with E-state index >= 15 is 0 Å². The standard InChI is InChI=1S/C20H26N6O2/c1-3-19(20-21-22-23-26(20)15-18-5-4-14-28-18)25-12-10-24(11-13-25)16-6-8-17(27-2)9-7-16/h4-9,14,19H,3,10-13,15H2,1-2H3/p+1/t19-/m1/s1.